The van der Waals surface area contributed by atoms with E-state index in [-0.39, 0.29) is 18.5 Å². The summed E-state index contributed by atoms with van der Waals surface area (Å²) in [6.45, 7) is 2.83. The second-order valence-corrected chi connectivity index (χ2v) is 8.38. The van der Waals surface area contributed by atoms with E-state index in [4.69, 9.17) is 11.6 Å². The van der Waals surface area contributed by atoms with Crippen molar-refractivity contribution >= 4 is 33.6 Å². The number of halogens is 1. The summed E-state index contributed by atoms with van der Waals surface area (Å²) in [5.74, 6) is -0.105. The molecule has 1 aromatic rings. The first-order valence-corrected chi connectivity index (χ1v) is 10.2. The summed E-state index contributed by atoms with van der Waals surface area (Å²) in [5, 5.41) is 0.665. The van der Waals surface area contributed by atoms with Crippen LogP contribution in [0.3, 0.4) is 0 Å². The second kappa shape index (κ2) is 8.14. The van der Waals surface area contributed by atoms with E-state index in [1.165, 1.54) is 6.08 Å². The number of rotatable bonds is 5. The third kappa shape index (κ3) is 5.61. The van der Waals surface area contributed by atoms with Gasteiger partial charge >= 0.3 is 0 Å². The lowest BCUT2D eigenvalue weighted by atomic mass is 10.0. The normalized spacial score (nSPS) is 19.0. The van der Waals surface area contributed by atoms with Gasteiger partial charge in [0, 0.05) is 30.2 Å². The van der Waals surface area contributed by atoms with Gasteiger partial charge in [0.25, 0.3) is 0 Å². The molecule has 1 amide bonds. The van der Waals surface area contributed by atoms with Crippen LogP contribution < -0.4 is 4.72 Å². The third-order valence-corrected chi connectivity index (χ3v) is 5.20. The first kappa shape index (κ1) is 19.0. The highest BCUT2D eigenvalue weighted by Crippen LogP contribution is 2.19. The number of likely N-dealkylation sites (tertiary alicyclic amines) is 1. The van der Waals surface area contributed by atoms with Gasteiger partial charge in [-0.2, -0.15) is 0 Å². The van der Waals surface area contributed by atoms with Gasteiger partial charge in [-0.05, 0) is 49.5 Å². The van der Waals surface area contributed by atoms with E-state index < -0.39 is 10.0 Å². The number of aryl methyl sites for hydroxylation is 1. The van der Waals surface area contributed by atoms with Crippen LogP contribution in [0.2, 0.25) is 5.02 Å². The molecule has 24 heavy (non-hydrogen) atoms. The number of sulfonamides is 1. The van der Waals surface area contributed by atoms with E-state index >= 15 is 0 Å². The Kier molecular flexibility index (Phi) is 6.43. The maximum absolute atomic E-state index is 12.5. The highest BCUT2D eigenvalue weighted by atomic mass is 35.5. The molecule has 5 nitrogen and oxygen atoms in total. The van der Waals surface area contributed by atoms with Gasteiger partial charge < -0.3 is 4.90 Å². The van der Waals surface area contributed by atoms with E-state index in [1.54, 1.807) is 11.0 Å². The van der Waals surface area contributed by atoms with Crippen molar-refractivity contribution in [2.45, 2.75) is 32.2 Å². The molecular formula is C17H23ClN2O3S. The molecule has 1 saturated heterocycles. The molecule has 1 aliphatic heterocycles. The Balaban J connectivity index is 2.04. The Morgan fingerprint density at radius 1 is 1.42 bits per heavy atom. The van der Waals surface area contributed by atoms with Gasteiger partial charge in [0.2, 0.25) is 15.9 Å². The van der Waals surface area contributed by atoms with Gasteiger partial charge in [-0.3, -0.25) is 4.79 Å². The lowest BCUT2D eigenvalue weighted by Gasteiger charge is -2.35. The molecule has 1 aromatic carbocycles. The zero-order valence-corrected chi connectivity index (χ0v) is 15.5. The summed E-state index contributed by atoms with van der Waals surface area (Å²) in [6, 6.07) is 5.53. The number of carbonyl (C=O) groups is 1. The topological polar surface area (TPSA) is 66.5 Å². The third-order valence-electron chi connectivity index (χ3n) is 4.11. The molecule has 7 heteroatoms. The van der Waals surface area contributed by atoms with Crippen molar-refractivity contribution in [2.24, 2.45) is 0 Å². The van der Waals surface area contributed by atoms with E-state index in [0.717, 1.165) is 36.6 Å². The number of carbonyl (C=O) groups excluding carboxylic acids is 1. The molecule has 0 aromatic heterocycles. The van der Waals surface area contributed by atoms with E-state index in [0.29, 0.717) is 11.6 Å². The molecule has 1 heterocycles. The molecule has 0 radical (unpaired) electrons. The number of benzene rings is 1. The molecule has 132 valence electrons. The minimum Gasteiger partial charge on any atom is -0.335 e. The van der Waals surface area contributed by atoms with Gasteiger partial charge in [0.1, 0.15) is 0 Å². The molecule has 1 atom stereocenters. The SMILES string of the molecule is Cc1ccc(C=CC(=O)N2CCCCC2CNS(C)(=O)=O)cc1Cl. The molecular weight excluding hydrogens is 348 g/mol. The molecule has 1 fully saturated rings. The summed E-state index contributed by atoms with van der Waals surface area (Å²) in [7, 11) is -3.26. The van der Waals surface area contributed by atoms with Crippen LogP contribution in [0.4, 0.5) is 0 Å². The van der Waals surface area contributed by atoms with Crippen LogP contribution >= 0.6 is 11.6 Å². The smallest absolute Gasteiger partial charge is 0.246 e. The Morgan fingerprint density at radius 2 is 2.17 bits per heavy atom. The number of piperidine rings is 1. The largest absolute Gasteiger partial charge is 0.335 e. The lowest BCUT2D eigenvalue weighted by molar-refractivity contribution is -0.129. The number of hydrogen-bond acceptors (Lipinski definition) is 3. The van der Waals surface area contributed by atoms with Gasteiger partial charge in [-0.15, -0.1) is 0 Å². The van der Waals surface area contributed by atoms with Crippen LogP contribution in [-0.2, 0) is 14.8 Å². The van der Waals surface area contributed by atoms with Crippen molar-refractivity contribution < 1.29 is 13.2 Å². The summed E-state index contributed by atoms with van der Waals surface area (Å²) in [6.07, 6.45) is 7.13. The summed E-state index contributed by atoms with van der Waals surface area (Å²) in [5.41, 5.74) is 1.85. The highest BCUT2D eigenvalue weighted by molar-refractivity contribution is 7.88. The number of nitrogens with one attached hydrogen (secondary N) is 1. The Morgan fingerprint density at radius 3 is 2.83 bits per heavy atom. The zero-order valence-electron chi connectivity index (χ0n) is 14.0. The Hall–Kier alpha value is -1.37. The summed E-state index contributed by atoms with van der Waals surface area (Å²) < 4.78 is 25.1. The standard InChI is InChI=1S/C17H23ClN2O3S/c1-13-6-7-14(11-16(13)18)8-9-17(21)20-10-4-3-5-15(20)12-19-24(2,22)23/h6-9,11,15,19H,3-5,10,12H2,1-2H3. The number of nitrogens with zero attached hydrogens (tertiary/aromatic N) is 1. The van der Waals surface area contributed by atoms with Crippen LogP contribution in [0, 0.1) is 6.92 Å². The van der Waals surface area contributed by atoms with Crippen molar-refractivity contribution in [3.8, 4) is 0 Å². The van der Waals surface area contributed by atoms with Gasteiger partial charge in [-0.1, -0.05) is 23.7 Å². The average Bonchev–Trinajstić information content (AvgIpc) is 2.53. The predicted molar refractivity (Wildman–Crippen MR) is 97.4 cm³/mol. The Bertz CT molecular complexity index is 731. The van der Waals surface area contributed by atoms with Crippen LogP contribution in [0.15, 0.2) is 24.3 Å². The quantitative estimate of drug-likeness (QED) is 0.810. The van der Waals surface area contributed by atoms with E-state index in [2.05, 4.69) is 4.72 Å². The predicted octanol–water partition coefficient (Wildman–Crippen LogP) is 2.59. The fourth-order valence-electron chi connectivity index (χ4n) is 2.73. The monoisotopic (exact) mass is 370 g/mol. The number of hydrogen-bond donors (Lipinski definition) is 1. The lowest BCUT2D eigenvalue weighted by Crippen LogP contribution is -2.48. The molecule has 1 N–H and O–H groups in total. The Labute approximate surface area is 148 Å². The van der Waals surface area contributed by atoms with Crippen molar-refractivity contribution in [3.63, 3.8) is 0 Å². The van der Waals surface area contributed by atoms with Crippen molar-refractivity contribution in [3.05, 3.63) is 40.4 Å². The van der Waals surface area contributed by atoms with Crippen LogP contribution in [0.5, 0.6) is 0 Å². The average molecular weight is 371 g/mol. The fraction of sp³-hybridized carbons (Fsp3) is 0.471. The van der Waals surface area contributed by atoms with Gasteiger partial charge in [-0.25, -0.2) is 13.1 Å². The highest BCUT2D eigenvalue weighted by Gasteiger charge is 2.25. The van der Waals surface area contributed by atoms with E-state index in [9.17, 15) is 13.2 Å². The molecule has 0 saturated carbocycles. The number of amides is 1. The zero-order chi connectivity index (χ0) is 17.7. The minimum atomic E-state index is -3.26. The fourth-order valence-corrected chi connectivity index (χ4v) is 3.41. The van der Waals surface area contributed by atoms with Crippen molar-refractivity contribution in [1.29, 1.82) is 0 Å². The van der Waals surface area contributed by atoms with Crippen molar-refractivity contribution in [2.75, 3.05) is 19.3 Å². The molecule has 0 aliphatic carbocycles. The van der Waals surface area contributed by atoms with E-state index in [1.807, 2.05) is 25.1 Å². The molecule has 1 unspecified atom stereocenters. The summed E-state index contributed by atoms with van der Waals surface area (Å²) in [4.78, 5) is 14.2. The van der Waals surface area contributed by atoms with Crippen LogP contribution in [0.25, 0.3) is 6.08 Å². The van der Waals surface area contributed by atoms with Crippen LogP contribution in [-0.4, -0.2) is 44.6 Å². The van der Waals surface area contributed by atoms with Crippen LogP contribution in [0.1, 0.15) is 30.4 Å². The van der Waals surface area contributed by atoms with Gasteiger partial charge in [0.05, 0.1) is 6.26 Å². The first-order valence-electron chi connectivity index (χ1n) is 7.96. The first-order chi connectivity index (χ1) is 11.3. The maximum atomic E-state index is 12.5. The minimum absolute atomic E-state index is 0.104. The molecule has 0 spiro atoms. The van der Waals surface area contributed by atoms with Crippen molar-refractivity contribution in [1.82, 2.24) is 9.62 Å². The molecule has 1 aliphatic rings. The maximum Gasteiger partial charge on any atom is 0.246 e. The summed E-state index contributed by atoms with van der Waals surface area (Å²) >= 11 is 6.09. The molecule has 0 bridgehead atoms. The second-order valence-electron chi connectivity index (χ2n) is 6.14. The molecule has 2 rings (SSSR count). The van der Waals surface area contributed by atoms with Gasteiger partial charge in [0.15, 0.2) is 0 Å².